The number of amides is 2. The Labute approximate surface area is 165 Å². The van der Waals surface area contributed by atoms with Gasteiger partial charge in [-0.25, -0.2) is 0 Å². The summed E-state index contributed by atoms with van der Waals surface area (Å²) in [5.41, 5.74) is 3.24. The molecule has 29 heavy (non-hydrogen) atoms. The van der Waals surface area contributed by atoms with Gasteiger partial charge in [0.1, 0.15) is 4.92 Å². The zero-order chi connectivity index (χ0) is 20.4. The van der Waals surface area contributed by atoms with Gasteiger partial charge < -0.3 is 14.6 Å². The molecule has 0 bridgehead atoms. The van der Waals surface area contributed by atoms with Gasteiger partial charge in [0.2, 0.25) is 0 Å². The fraction of sp³-hybridized carbons (Fsp3) is 0.143. The third-order valence-electron chi connectivity index (χ3n) is 4.78. The van der Waals surface area contributed by atoms with Crippen LogP contribution in [0.2, 0.25) is 0 Å². The summed E-state index contributed by atoms with van der Waals surface area (Å²) in [6.07, 6.45) is 0.729. The number of anilines is 1. The molecule has 2 aromatic carbocycles. The Morgan fingerprint density at radius 3 is 2.55 bits per heavy atom. The molecule has 4 rings (SSSR count). The van der Waals surface area contributed by atoms with Crippen LogP contribution in [0.3, 0.4) is 0 Å². The molecule has 0 aliphatic carbocycles. The molecule has 146 valence electrons. The Balaban J connectivity index is 1.49. The molecule has 1 aliphatic rings. The van der Waals surface area contributed by atoms with Crippen LogP contribution in [0, 0.1) is 10.1 Å². The summed E-state index contributed by atoms with van der Waals surface area (Å²) in [6, 6.07) is 17.0. The van der Waals surface area contributed by atoms with E-state index in [9.17, 15) is 19.7 Å². The average molecular weight is 391 g/mol. The van der Waals surface area contributed by atoms with Gasteiger partial charge in [0.25, 0.3) is 11.8 Å². The van der Waals surface area contributed by atoms with Crippen molar-refractivity contribution >= 4 is 23.4 Å². The van der Waals surface area contributed by atoms with Crippen molar-refractivity contribution in [3.8, 4) is 0 Å². The molecular weight excluding hydrogens is 374 g/mol. The highest BCUT2D eigenvalue weighted by Gasteiger charge is 2.23. The SMILES string of the molecule is O=C(Nc1ccc2c(c1)CN(C(=O)c1ccccc1)CC2)c1ccc([N+](=O)[O-])o1. The number of nitro groups is 1. The van der Waals surface area contributed by atoms with E-state index in [0.29, 0.717) is 24.3 Å². The van der Waals surface area contributed by atoms with Gasteiger partial charge in [-0.05, 0) is 47.9 Å². The Kier molecular flexibility index (Phi) is 4.82. The fourth-order valence-corrected chi connectivity index (χ4v) is 3.31. The van der Waals surface area contributed by atoms with Gasteiger partial charge in [0.15, 0.2) is 5.76 Å². The van der Waals surface area contributed by atoms with Gasteiger partial charge in [-0.1, -0.05) is 24.3 Å². The van der Waals surface area contributed by atoms with Crippen LogP contribution in [0.15, 0.2) is 65.1 Å². The van der Waals surface area contributed by atoms with Crippen molar-refractivity contribution in [1.29, 1.82) is 0 Å². The van der Waals surface area contributed by atoms with Crippen molar-refractivity contribution in [3.63, 3.8) is 0 Å². The first-order chi connectivity index (χ1) is 14.0. The van der Waals surface area contributed by atoms with Crippen LogP contribution in [0.4, 0.5) is 11.6 Å². The van der Waals surface area contributed by atoms with Gasteiger partial charge in [-0.15, -0.1) is 0 Å². The van der Waals surface area contributed by atoms with E-state index in [4.69, 9.17) is 4.42 Å². The number of nitrogens with one attached hydrogen (secondary N) is 1. The smallest absolute Gasteiger partial charge is 0.395 e. The third-order valence-corrected chi connectivity index (χ3v) is 4.78. The number of carbonyl (C=O) groups is 2. The highest BCUT2D eigenvalue weighted by molar-refractivity contribution is 6.02. The minimum atomic E-state index is -0.700. The first-order valence-electron chi connectivity index (χ1n) is 9.03. The van der Waals surface area contributed by atoms with E-state index in [-0.39, 0.29) is 11.7 Å². The summed E-state index contributed by atoms with van der Waals surface area (Å²) in [6.45, 7) is 1.07. The maximum atomic E-state index is 12.7. The molecule has 2 heterocycles. The van der Waals surface area contributed by atoms with Crippen LogP contribution in [0.1, 0.15) is 32.0 Å². The van der Waals surface area contributed by atoms with E-state index >= 15 is 0 Å². The number of hydrogen-bond acceptors (Lipinski definition) is 5. The highest BCUT2D eigenvalue weighted by Crippen LogP contribution is 2.25. The Morgan fingerprint density at radius 2 is 1.83 bits per heavy atom. The second-order valence-electron chi connectivity index (χ2n) is 6.68. The maximum absolute atomic E-state index is 12.7. The Hall–Kier alpha value is -3.94. The van der Waals surface area contributed by atoms with Crippen molar-refractivity contribution in [2.24, 2.45) is 0 Å². The lowest BCUT2D eigenvalue weighted by atomic mass is 9.98. The summed E-state index contributed by atoms with van der Waals surface area (Å²) < 4.78 is 4.93. The van der Waals surface area contributed by atoms with Gasteiger partial charge in [0, 0.05) is 24.3 Å². The van der Waals surface area contributed by atoms with Crippen LogP contribution < -0.4 is 5.32 Å². The zero-order valence-corrected chi connectivity index (χ0v) is 15.3. The maximum Gasteiger partial charge on any atom is 0.433 e. The summed E-state index contributed by atoms with van der Waals surface area (Å²) in [5, 5.41) is 13.4. The van der Waals surface area contributed by atoms with Crippen molar-refractivity contribution in [3.05, 3.63) is 93.2 Å². The molecule has 0 unspecified atom stereocenters. The van der Waals surface area contributed by atoms with Crippen LogP contribution in [0.25, 0.3) is 0 Å². The largest absolute Gasteiger partial charge is 0.433 e. The van der Waals surface area contributed by atoms with E-state index in [1.54, 1.807) is 23.1 Å². The lowest BCUT2D eigenvalue weighted by Gasteiger charge is -2.29. The number of carbonyl (C=O) groups excluding carboxylic acids is 2. The Bertz CT molecular complexity index is 1090. The Morgan fingerprint density at radius 1 is 1.03 bits per heavy atom. The van der Waals surface area contributed by atoms with Gasteiger partial charge in [0.05, 0.1) is 6.07 Å². The van der Waals surface area contributed by atoms with E-state index < -0.39 is 16.7 Å². The molecule has 0 radical (unpaired) electrons. The van der Waals surface area contributed by atoms with Crippen LogP contribution in [0.5, 0.6) is 0 Å². The zero-order valence-electron chi connectivity index (χ0n) is 15.3. The quantitative estimate of drug-likeness (QED) is 0.540. The number of fused-ring (bicyclic) bond motifs is 1. The molecular formula is C21H17N3O5. The molecule has 8 nitrogen and oxygen atoms in total. The van der Waals surface area contributed by atoms with E-state index in [2.05, 4.69) is 5.32 Å². The van der Waals surface area contributed by atoms with Crippen molar-refractivity contribution < 1.29 is 18.9 Å². The van der Waals surface area contributed by atoms with E-state index in [1.807, 2.05) is 30.3 Å². The van der Waals surface area contributed by atoms with Crippen LogP contribution in [-0.4, -0.2) is 28.2 Å². The molecule has 8 heteroatoms. The number of nitrogens with zero attached hydrogens (tertiary/aromatic N) is 2. The van der Waals surface area contributed by atoms with Crippen LogP contribution in [-0.2, 0) is 13.0 Å². The molecule has 1 aliphatic heterocycles. The molecule has 3 aromatic rings. The average Bonchev–Trinajstić information content (AvgIpc) is 3.24. The molecule has 0 spiro atoms. The number of benzene rings is 2. The second kappa shape index (κ2) is 7.59. The molecule has 0 saturated heterocycles. The number of rotatable bonds is 4. The third kappa shape index (κ3) is 3.86. The van der Waals surface area contributed by atoms with E-state index in [1.165, 1.54) is 6.07 Å². The normalized spacial score (nSPS) is 12.9. The summed E-state index contributed by atoms with van der Waals surface area (Å²) >= 11 is 0. The first-order valence-corrected chi connectivity index (χ1v) is 9.03. The van der Waals surface area contributed by atoms with Crippen LogP contribution >= 0.6 is 0 Å². The van der Waals surface area contributed by atoms with Gasteiger partial charge in [-0.3, -0.25) is 19.7 Å². The minimum absolute atomic E-state index is 0.0337. The summed E-state index contributed by atoms with van der Waals surface area (Å²) in [7, 11) is 0. The fourth-order valence-electron chi connectivity index (χ4n) is 3.31. The predicted octanol–water partition coefficient (Wildman–Crippen LogP) is 3.64. The topological polar surface area (TPSA) is 106 Å². The van der Waals surface area contributed by atoms with Crippen molar-refractivity contribution in [1.82, 2.24) is 4.90 Å². The minimum Gasteiger partial charge on any atom is -0.395 e. The number of furan rings is 1. The lowest BCUT2D eigenvalue weighted by Crippen LogP contribution is -2.36. The molecule has 2 amide bonds. The molecule has 1 aromatic heterocycles. The first kappa shape index (κ1) is 18.4. The predicted molar refractivity (Wildman–Crippen MR) is 105 cm³/mol. The standard InChI is InChI=1S/C21H17N3O5/c25-20(18-8-9-19(29-18)24(27)28)22-17-7-6-14-10-11-23(13-16(14)12-17)21(26)15-4-2-1-3-5-15/h1-9,12H,10-11,13H2,(H,22,25). The van der Waals surface area contributed by atoms with Crippen molar-refractivity contribution in [2.75, 3.05) is 11.9 Å². The lowest BCUT2D eigenvalue weighted by molar-refractivity contribution is -0.402. The van der Waals surface area contributed by atoms with E-state index in [0.717, 1.165) is 23.6 Å². The monoisotopic (exact) mass is 391 g/mol. The molecule has 0 saturated carbocycles. The molecule has 0 fully saturated rings. The highest BCUT2D eigenvalue weighted by atomic mass is 16.6. The second-order valence-corrected chi connectivity index (χ2v) is 6.68. The van der Waals surface area contributed by atoms with Gasteiger partial charge >= 0.3 is 5.88 Å². The summed E-state index contributed by atoms with van der Waals surface area (Å²) in [4.78, 5) is 36.8. The molecule has 1 N–H and O–H groups in total. The molecule has 0 atom stereocenters. The van der Waals surface area contributed by atoms with Gasteiger partial charge in [-0.2, -0.15) is 0 Å². The van der Waals surface area contributed by atoms with Crippen molar-refractivity contribution in [2.45, 2.75) is 13.0 Å². The summed E-state index contributed by atoms with van der Waals surface area (Å²) in [5.74, 6) is -1.24. The number of hydrogen-bond donors (Lipinski definition) is 1.